The minimum Gasteiger partial charge on any atom is -0.379 e. The first kappa shape index (κ1) is 16.9. The summed E-state index contributed by atoms with van der Waals surface area (Å²) in [6.45, 7) is 10.8. The van der Waals surface area contributed by atoms with Crippen LogP contribution in [0.15, 0.2) is 0 Å². The Kier molecular flexibility index (Phi) is 6.74. The van der Waals surface area contributed by atoms with Gasteiger partial charge < -0.3 is 15.4 Å². The zero-order valence-electron chi connectivity index (χ0n) is 13.5. The lowest BCUT2D eigenvalue weighted by Gasteiger charge is -2.36. The lowest BCUT2D eigenvalue weighted by molar-refractivity contribution is -0.00663. The Morgan fingerprint density at radius 2 is 2.16 bits per heavy atom. The van der Waals surface area contributed by atoms with Gasteiger partial charge in [0.25, 0.3) is 0 Å². The maximum absolute atomic E-state index is 5.97. The summed E-state index contributed by atoms with van der Waals surface area (Å²) >= 11 is 0. The summed E-state index contributed by atoms with van der Waals surface area (Å²) in [5, 5.41) is 0. The molecular weight excluding hydrogens is 238 g/mol. The van der Waals surface area contributed by atoms with Gasteiger partial charge in [0.2, 0.25) is 0 Å². The molecule has 0 saturated carbocycles. The van der Waals surface area contributed by atoms with Crippen LogP contribution in [0.5, 0.6) is 0 Å². The molecule has 0 aliphatic carbocycles. The molecule has 0 aromatic carbocycles. The lowest BCUT2D eigenvalue weighted by Crippen LogP contribution is -2.48. The molecule has 0 spiro atoms. The minimum atomic E-state index is -0.0988. The van der Waals surface area contributed by atoms with Crippen molar-refractivity contribution in [3.63, 3.8) is 0 Å². The highest BCUT2D eigenvalue weighted by Crippen LogP contribution is 2.21. The van der Waals surface area contributed by atoms with E-state index in [4.69, 9.17) is 10.5 Å². The highest BCUT2D eigenvalue weighted by Gasteiger charge is 2.29. The highest BCUT2D eigenvalue weighted by atomic mass is 16.5. The van der Waals surface area contributed by atoms with E-state index < -0.39 is 0 Å². The van der Waals surface area contributed by atoms with Gasteiger partial charge in [-0.05, 0) is 53.2 Å². The van der Waals surface area contributed by atoms with E-state index in [2.05, 4.69) is 37.6 Å². The Morgan fingerprint density at radius 3 is 2.68 bits per heavy atom. The fourth-order valence-corrected chi connectivity index (χ4v) is 3.07. The van der Waals surface area contributed by atoms with Crippen LogP contribution in [0.1, 0.15) is 40.0 Å². The molecule has 1 fully saturated rings. The second kappa shape index (κ2) is 7.58. The van der Waals surface area contributed by atoms with E-state index in [1.807, 2.05) is 0 Å². The smallest absolute Gasteiger partial charge is 0.0638 e. The summed E-state index contributed by atoms with van der Waals surface area (Å²) < 4.78 is 5.54. The molecule has 1 saturated heterocycles. The topological polar surface area (TPSA) is 41.7 Å². The number of nitrogens with zero attached hydrogens (tertiary/aromatic N) is 2. The molecule has 2 unspecified atom stereocenters. The molecule has 4 nitrogen and oxygen atoms in total. The third-order valence-electron chi connectivity index (χ3n) is 4.58. The fraction of sp³-hybridized carbons (Fsp3) is 1.00. The van der Waals surface area contributed by atoms with Crippen molar-refractivity contribution in [2.45, 2.75) is 57.7 Å². The molecule has 0 bridgehead atoms. The summed E-state index contributed by atoms with van der Waals surface area (Å²) in [4.78, 5) is 5.02. The SMILES string of the molecule is CCN1CCCC1CN(C)C(CN)CC(C)(C)OC. The van der Waals surface area contributed by atoms with Gasteiger partial charge in [-0.3, -0.25) is 4.90 Å². The van der Waals surface area contributed by atoms with Crippen LogP contribution in [0.3, 0.4) is 0 Å². The van der Waals surface area contributed by atoms with E-state index in [9.17, 15) is 0 Å². The molecule has 0 amide bonds. The third kappa shape index (κ3) is 5.03. The first-order chi connectivity index (χ1) is 8.93. The maximum atomic E-state index is 5.97. The standard InChI is InChI=1S/C15H33N3O/c1-6-18-9-7-8-13(18)12-17(4)14(11-16)10-15(2,3)19-5/h13-14H,6-12,16H2,1-5H3. The molecule has 2 N–H and O–H groups in total. The van der Waals surface area contributed by atoms with Crippen LogP contribution in [-0.4, -0.2) is 67.8 Å². The zero-order chi connectivity index (χ0) is 14.5. The van der Waals surface area contributed by atoms with Gasteiger partial charge in [0.05, 0.1) is 5.60 Å². The van der Waals surface area contributed by atoms with Gasteiger partial charge in [-0.25, -0.2) is 0 Å². The first-order valence-electron chi connectivity index (χ1n) is 7.63. The average Bonchev–Trinajstić information content (AvgIpc) is 2.83. The molecule has 0 aromatic rings. The first-order valence-corrected chi connectivity index (χ1v) is 7.63. The van der Waals surface area contributed by atoms with Gasteiger partial charge >= 0.3 is 0 Å². The van der Waals surface area contributed by atoms with Crippen LogP contribution in [0.4, 0.5) is 0 Å². The number of methoxy groups -OCH3 is 1. The Labute approximate surface area is 119 Å². The van der Waals surface area contributed by atoms with Crippen molar-refractivity contribution in [1.82, 2.24) is 9.80 Å². The second-order valence-corrected chi connectivity index (χ2v) is 6.42. The summed E-state index contributed by atoms with van der Waals surface area (Å²) in [5.74, 6) is 0. The molecule has 114 valence electrons. The Morgan fingerprint density at radius 1 is 1.47 bits per heavy atom. The van der Waals surface area contributed by atoms with Crippen molar-refractivity contribution >= 4 is 0 Å². The van der Waals surface area contributed by atoms with Gasteiger partial charge in [-0.2, -0.15) is 0 Å². The van der Waals surface area contributed by atoms with Crippen molar-refractivity contribution in [3.8, 4) is 0 Å². The molecular formula is C15H33N3O. The van der Waals surface area contributed by atoms with Crippen molar-refractivity contribution < 1.29 is 4.74 Å². The number of likely N-dealkylation sites (N-methyl/N-ethyl adjacent to an activating group) is 2. The molecule has 0 radical (unpaired) electrons. The van der Waals surface area contributed by atoms with E-state index >= 15 is 0 Å². The number of hydrogen-bond donors (Lipinski definition) is 1. The number of likely N-dealkylation sites (tertiary alicyclic amines) is 1. The normalized spacial score (nSPS) is 23.2. The number of ether oxygens (including phenoxy) is 1. The molecule has 2 atom stereocenters. The van der Waals surface area contributed by atoms with Crippen LogP contribution < -0.4 is 5.73 Å². The van der Waals surface area contributed by atoms with E-state index in [-0.39, 0.29) is 5.60 Å². The largest absolute Gasteiger partial charge is 0.379 e. The quantitative estimate of drug-likeness (QED) is 0.727. The molecule has 1 heterocycles. The fourth-order valence-electron chi connectivity index (χ4n) is 3.07. The Bertz CT molecular complexity index is 258. The van der Waals surface area contributed by atoms with Crippen LogP contribution >= 0.6 is 0 Å². The lowest BCUT2D eigenvalue weighted by atomic mass is 9.97. The molecule has 19 heavy (non-hydrogen) atoms. The van der Waals surface area contributed by atoms with Crippen LogP contribution in [-0.2, 0) is 4.74 Å². The third-order valence-corrected chi connectivity index (χ3v) is 4.58. The monoisotopic (exact) mass is 271 g/mol. The van der Waals surface area contributed by atoms with Crippen LogP contribution in [0, 0.1) is 0 Å². The predicted octanol–water partition coefficient (Wildman–Crippen LogP) is 1.54. The molecule has 4 heteroatoms. The second-order valence-electron chi connectivity index (χ2n) is 6.42. The van der Waals surface area contributed by atoms with E-state index in [1.165, 1.54) is 19.4 Å². The van der Waals surface area contributed by atoms with Crippen molar-refractivity contribution in [2.75, 3.05) is 40.3 Å². The van der Waals surface area contributed by atoms with Crippen molar-refractivity contribution in [2.24, 2.45) is 5.73 Å². The molecule has 0 aromatic heterocycles. The van der Waals surface area contributed by atoms with Crippen molar-refractivity contribution in [1.29, 1.82) is 0 Å². The van der Waals surface area contributed by atoms with Gasteiger partial charge in [0.1, 0.15) is 0 Å². The molecule has 1 aliphatic heterocycles. The van der Waals surface area contributed by atoms with Crippen LogP contribution in [0.25, 0.3) is 0 Å². The van der Waals surface area contributed by atoms with E-state index in [0.717, 1.165) is 19.5 Å². The van der Waals surface area contributed by atoms with Gasteiger partial charge in [-0.15, -0.1) is 0 Å². The van der Waals surface area contributed by atoms with Crippen molar-refractivity contribution in [3.05, 3.63) is 0 Å². The van der Waals surface area contributed by atoms with Gasteiger partial charge in [0.15, 0.2) is 0 Å². The zero-order valence-corrected chi connectivity index (χ0v) is 13.5. The number of nitrogens with two attached hydrogens (primary N) is 1. The molecule has 1 aliphatic rings. The summed E-state index contributed by atoms with van der Waals surface area (Å²) in [5.41, 5.74) is 5.87. The average molecular weight is 271 g/mol. The van der Waals surface area contributed by atoms with Crippen LogP contribution in [0.2, 0.25) is 0 Å². The predicted molar refractivity (Wildman–Crippen MR) is 81.4 cm³/mol. The summed E-state index contributed by atoms with van der Waals surface area (Å²) in [6, 6.07) is 1.10. The summed E-state index contributed by atoms with van der Waals surface area (Å²) in [7, 11) is 3.98. The van der Waals surface area contributed by atoms with E-state index in [1.54, 1.807) is 7.11 Å². The minimum absolute atomic E-state index is 0.0988. The number of hydrogen-bond acceptors (Lipinski definition) is 4. The Balaban J connectivity index is 2.51. The van der Waals surface area contributed by atoms with E-state index in [0.29, 0.717) is 18.6 Å². The highest BCUT2D eigenvalue weighted by molar-refractivity contribution is 4.85. The number of rotatable bonds is 8. The maximum Gasteiger partial charge on any atom is 0.0638 e. The van der Waals surface area contributed by atoms with Gasteiger partial charge in [0, 0.05) is 32.3 Å². The Hall–Kier alpha value is -0.160. The molecule has 1 rings (SSSR count). The van der Waals surface area contributed by atoms with Gasteiger partial charge in [-0.1, -0.05) is 6.92 Å². The summed E-state index contributed by atoms with van der Waals surface area (Å²) in [6.07, 6.45) is 3.64.